The molecule has 1 saturated heterocycles. The van der Waals surface area contributed by atoms with Crippen LogP contribution in [-0.4, -0.2) is 25.9 Å². The first-order valence-electron chi connectivity index (χ1n) is 11.1. The Morgan fingerprint density at radius 2 is 1.62 bits per heavy atom. The molecular formula is C25H35NO3. The van der Waals surface area contributed by atoms with E-state index < -0.39 is 0 Å². The van der Waals surface area contributed by atoms with E-state index in [0.29, 0.717) is 6.61 Å². The third-order valence-corrected chi connectivity index (χ3v) is 5.25. The van der Waals surface area contributed by atoms with Crippen LogP contribution in [0.4, 0.5) is 5.69 Å². The van der Waals surface area contributed by atoms with Crippen molar-refractivity contribution in [1.82, 2.24) is 0 Å². The van der Waals surface area contributed by atoms with Gasteiger partial charge in [-0.05, 0) is 61.2 Å². The topological polar surface area (TPSA) is 39.7 Å². The van der Waals surface area contributed by atoms with Crippen LogP contribution in [0.3, 0.4) is 0 Å². The smallest absolute Gasteiger partial charge is 0.119 e. The van der Waals surface area contributed by atoms with Crippen molar-refractivity contribution in [1.29, 1.82) is 0 Å². The number of anilines is 1. The summed E-state index contributed by atoms with van der Waals surface area (Å²) in [6, 6.07) is 16.5. The van der Waals surface area contributed by atoms with Gasteiger partial charge in [0, 0.05) is 18.8 Å². The molecule has 1 N–H and O–H groups in total. The Morgan fingerprint density at radius 1 is 0.897 bits per heavy atom. The summed E-state index contributed by atoms with van der Waals surface area (Å²) in [6.07, 6.45) is 8.80. The minimum atomic E-state index is 0.254. The summed E-state index contributed by atoms with van der Waals surface area (Å²) < 4.78 is 17.2. The third-order valence-electron chi connectivity index (χ3n) is 5.25. The molecule has 1 aliphatic rings. The van der Waals surface area contributed by atoms with Crippen molar-refractivity contribution in [3.05, 3.63) is 54.1 Å². The Morgan fingerprint density at radius 3 is 2.34 bits per heavy atom. The average Bonchev–Trinajstić information content (AvgIpc) is 3.28. The van der Waals surface area contributed by atoms with E-state index in [-0.39, 0.29) is 6.10 Å². The second-order valence-corrected chi connectivity index (χ2v) is 7.73. The Hall–Kier alpha value is -2.20. The van der Waals surface area contributed by atoms with E-state index in [0.717, 1.165) is 56.2 Å². The number of nitrogens with one attached hydrogen (secondary N) is 1. The molecule has 0 saturated carbocycles. The van der Waals surface area contributed by atoms with Crippen molar-refractivity contribution in [3.63, 3.8) is 0 Å². The lowest BCUT2D eigenvalue weighted by Crippen LogP contribution is -2.16. The summed E-state index contributed by atoms with van der Waals surface area (Å²) in [6.45, 7) is 5.33. The number of hydrogen-bond donors (Lipinski definition) is 1. The number of rotatable bonds is 13. The van der Waals surface area contributed by atoms with Crippen LogP contribution >= 0.6 is 0 Å². The normalized spacial score (nSPS) is 16.0. The van der Waals surface area contributed by atoms with Crippen molar-refractivity contribution in [2.75, 3.05) is 25.1 Å². The Labute approximate surface area is 175 Å². The van der Waals surface area contributed by atoms with E-state index in [1.165, 1.54) is 31.2 Å². The summed E-state index contributed by atoms with van der Waals surface area (Å²) in [5.74, 6) is 1.85. The van der Waals surface area contributed by atoms with E-state index in [2.05, 4.69) is 36.5 Å². The molecule has 3 rings (SSSR count). The molecule has 4 heteroatoms. The fraction of sp³-hybridized carbons (Fsp3) is 0.520. The van der Waals surface area contributed by atoms with Gasteiger partial charge in [-0.3, -0.25) is 0 Å². The first kappa shape index (κ1) is 21.5. The maximum atomic E-state index is 5.83. The lowest BCUT2D eigenvalue weighted by Gasteiger charge is -2.12. The molecule has 4 nitrogen and oxygen atoms in total. The van der Waals surface area contributed by atoms with Crippen LogP contribution in [-0.2, 0) is 11.3 Å². The minimum Gasteiger partial charge on any atom is -0.494 e. The molecule has 0 aliphatic carbocycles. The zero-order valence-corrected chi connectivity index (χ0v) is 17.7. The van der Waals surface area contributed by atoms with Gasteiger partial charge in [-0.2, -0.15) is 0 Å². The molecule has 1 unspecified atom stereocenters. The molecule has 2 aromatic rings. The first-order chi connectivity index (χ1) is 14.3. The summed E-state index contributed by atoms with van der Waals surface area (Å²) in [7, 11) is 0. The fourth-order valence-electron chi connectivity index (χ4n) is 3.44. The third kappa shape index (κ3) is 7.98. The van der Waals surface area contributed by atoms with Crippen LogP contribution in [0.2, 0.25) is 0 Å². The second kappa shape index (κ2) is 12.4. The lowest BCUT2D eigenvalue weighted by atomic mass is 10.2. The van der Waals surface area contributed by atoms with Crippen molar-refractivity contribution in [3.8, 4) is 11.5 Å². The van der Waals surface area contributed by atoms with Crippen molar-refractivity contribution in [2.24, 2.45) is 0 Å². The number of benzene rings is 2. The zero-order chi connectivity index (χ0) is 20.2. The monoisotopic (exact) mass is 397 g/mol. The van der Waals surface area contributed by atoms with Gasteiger partial charge in [-0.15, -0.1) is 0 Å². The second-order valence-electron chi connectivity index (χ2n) is 7.73. The average molecular weight is 398 g/mol. The Kier molecular flexibility index (Phi) is 9.18. The minimum absolute atomic E-state index is 0.254. The van der Waals surface area contributed by atoms with Crippen LogP contribution in [0.1, 0.15) is 57.4 Å². The first-order valence-corrected chi connectivity index (χ1v) is 11.1. The van der Waals surface area contributed by atoms with Crippen LogP contribution in [0, 0.1) is 0 Å². The number of hydrogen-bond acceptors (Lipinski definition) is 4. The molecule has 0 amide bonds. The van der Waals surface area contributed by atoms with Gasteiger partial charge in [0.05, 0.1) is 12.7 Å². The van der Waals surface area contributed by atoms with Gasteiger partial charge in [0.15, 0.2) is 0 Å². The number of unbranched alkanes of at least 4 members (excludes halogenated alkanes) is 4. The predicted octanol–water partition coefficient (Wildman–Crippen LogP) is 6.21. The van der Waals surface area contributed by atoms with Crippen LogP contribution in [0.15, 0.2) is 48.5 Å². The standard InChI is InChI=1S/C25H35NO3/c1-2-3-4-5-6-17-27-23-15-11-22(12-16-23)26-19-21-9-13-24(14-10-21)29-20-25-8-7-18-28-25/h9-16,25-26H,2-8,17-20H2,1H3. The highest BCUT2D eigenvalue weighted by atomic mass is 16.5. The van der Waals surface area contributed by atoms with Crippen molar-refractivity contribution < 1.29 is 14.2 Å². The van der Waals surface area contributed by atoms with Gasteiger partial charge in [0.25, 0.3) is 0 Å². The van der Waals surface area contributed by atoms with Gasteiger partial charge in [0.2, 0.25) is 0 Å². The molecule has 0 aromatic heterocycles. The van der Waals surface area contributed by atoms with E-state index in [9.17, 15) is 0 Å². The Balaban J connectivity index is 1.33. The molecule has 0 bridgehead atoms. The van der Waals surface area contributed by atoms with Gasteiger partial charge >= 0.3 is 0 Å². The highest BCUT2D eigenvalue weighted by Gasteiger charge is 2.15. The van der Waals surface area contributed by atoms with Gasteiger partial charge in [0.1, 0.15) is 18.1 Å². The lowest BCUT2D eigenvalue weighted by molar-refractivity contribution is 0.0679. The molecular weight excluding hydrogens is 362 g/mol. The molecule has 0 radical (unpaired) electrons. The van der Waals surface area contributed by atoms with Crippen LogP contribution in [0.25, 0.3) is 0 Å². The largest absolute Gasteiger partial charge is 0.494 e. The van der Waals surface area contributed by atoms with E-state index in [4.69, 9.17) is 14.2 Å². The quantitative estimate of drug-likeness (QED) is 0.408. The molecule has 1 fully saturated rings. The fourth-order valence-corrected chi connectivity index (χ4v) is 3.44. The molecule has 1 aliphatic heterocycles. The maximum Gasteiger partial charge on any atom is 0.119 e. The molecule has 29 heavy (non-hydrogen) atoms. The Bertz CT molecular complexity index is 678. The highest BCUT2D eigenvalue weighted by Crippen LogP contribution is 2.19. The van der Waals surface area contributed by atoms with Crippen molar-refractivity contribution in [2.45, 2.75) is 64.5 Å². The summed E-state index contributed by atoms with van der Waals surface area (Å²) in [4.78, 5) is 0. The summed E-state index contributed by atoms with van der Waals surface area (Å²) >= 11 is 0. The molecule has 2 aromatic carbocycles. The van der Waals surface area contributed by atoms with E-state index in [1.54, 1.807) is 0 Å². The van der Waals surface area contributed by atoms with Gasteiger partial charge < -0.3 is 19.5 Å². The van der Waals surface area contributed by atoms with E-state index >= 15 is 0 Å². The van der Waals surface area contributed by atoms with Gasteiger partial charge in [-0.25, -0.2) is 0 Å². The van der Waals surface area contributed by atoms with Crippen LogP contribution in [0.5, 0.6) is 11.5 Å². The van der Waals surface area contributed by atoms with Crippen LogP contribution < -0.4 is 14.8 Å². The summed E-state index contributed by atoms with van der Waals surface area (Å²) in [5.41, 5.74) is 2.32. The number of ether oxygens (including phenoxy) is 3. The maximum absolute atomic E-state index is 5.83. The molecule has 0 spiro atoms. The summed E-state index contributed by atoms with van der Waals surface area (Å²) in [5, 5.41) is 3.46. The SMILES string of the molecule is CCCCCCCOc1ccc(NCc2ccc(OCC3CCCO3)cc2)cc1. The van der Waals surface area contributed by atoms with Crippen molar-refractivity contribution >= 4 is 5.69 Å². The molecule has 1 heterocycles. The molecule has 158 valence electrons. The zero-order valence-electron chi connectivity index (χ0n) is 17.7. The predicted molar refractivity (Wildman–Crippen MR) is 119 cm³/mol. The molecule has 1 atom stereocenters. The van der Waals surface area contributed by atoms with E-state index in [1.807, 2.05) is 24.3 Å². The van der Waals surface area contributed by atoms with Gasteiger partial charge in [-0.1, -0.05) is 44.7 Å². The highest BCUT2D eigenvalue weighted by molar-refractivity contribution is 5.47.